The lowest BCUT2D eigenvalue weighted by atomic mass is 10.1. The fourth-order valence-electron chi connectivity index (χ4n) is 4.21. The van der Waals surface area contributed by atoms with Gasteiger partial charge in [-0.05, 0) is 32.2 Å². The van der Waals surface area contributed by atoms with Crippen LogP contribution in [0.1, 0.15) is 162 Å². The summed E-state index contributed by atoms with van der Waals surface area (Å²) >= 11 is 0. The third kappa shape index (κ3) is 35.5. The number of carboxylic acid groups (broad SMARTS) is 1. The number of carboxylic acids is 1. The summed E-state index contributed by atoms with van der Waals surface area (Å²) in [5.41, 5.74) is 10.4. The van der Waals surface area contributed by atoms with E-state index < -0.39 is 19.8 Å². The number of aliphatic carboxylic acids is 1. The van der Waals surface area contributed by atoms with E-state index in [9.17, 15) is 14.3 Å². The zero-order valence-corrected chi connectivity index (χ0v) is 26.5. The highest BCUT2D eigenvalue weighted by atomic mass is 31.2. The molecule has 9 heteroatoms. The molecule has 0 aromatic rings. The smallest absolute Gasteiger partial charge is 0.472 e. The van der Waals surface area contributed by atoms with Gasteiger partial charge in [0.2, 0.25) is 0 Å². The van der Waals surface area contributed by atoms with E-state index in [1.165, 1.54) is 103 Å². The Morgan fingerprint density at radius 3 is 1.28 bits per heavy atom. The van der Waals surface area contributed by atoms with Gasteiger partial charge >= 0.3 is 13.8 Å². The van der Waals surface area contributed by atoms with Crippen molar-refractivity contribution < 1.29 is 28.4 Å². The number of unbranched alkanes of at least 4 members (excludes halogenated alkanes) is 19. The Labute approximate surface area is 241 Å². The number of carbonyl (C=O) groups is 1. The number of rotatable bonds is 29. The van der Waals surface area contributed by atoms with E-state index in [0.29, 0.717) is 26.2 Å². The minimum absolute atomic E-state index is 0.322. The van der Waals surface area contributed by atoms with Crippen LogP contribution < -0.4 is 11.5 Å². The van der Waals surface area contributed by atoms with E-state index in [2.05, 4.69) is 13.8 Å². The molecule has 0 radical (unpaired) electrons. The number of hydrogen-bond donors (Lipinski definition) is 4. The number of nitrogens with two attached hydrogens (primary N) is 2. The second-order valence-corrected chi connectivity index (χ2v) is 12.2. The highest BCUT2D eigenvalue weighted by molar-refractivity contribution is 7.47. The minimum Gasteiger partial charge on any atom is -0.480 e. The predicted molar refractivity (Wildman–Crippen MR) is 164 cm³/mol. The molecule has 0 heterocycles. The molecule has 8 nitrogen and oxygen atoms in total. The lowest BCUT2D eigenvalue weighted by Crippen LogP contribution is -2.29. The average Bonchev–Trinajstić information content (AvgIpc) is 2.90. The van der Waals surface area contributed by atoms with Gasteiger partial charge in [0.15, 0.2) is 0 Å². The molecule has 0 saturated heterocycles. The number of hydrogen-bond acceptors (Lipinski definition) is 6. The molecule has 0 fully saturated rings. The molecule has 0 aromatic heterocycles. The molecule has 0 aliphatic rings. The van der Waals surface area contributed by atoms with Gasteiger partial charge in [-0.3, -0.25) is 13.8 Å². The van der Waals surface area contributed by atoms with Crippen LogP contribution in [-0.2, 0) is 18.4 Å². The van der Waals surface area contributed by atoms with Gasteiger partial charge in [0.05, 0.1) is 13.2 Å². The quantitative estimate of drug-likeness (QED) is 0.0509. The predicted octanol–water partition coefficient (Wildman–Crippen LogP) is 8.49. The van der Waals surface area contributed by atoms with Crippen molar-refractivity contribution in [2.45, 2.75) is 168 Å². The Bertz CT molecular complexity index is 524. The first kappa shape index (κ1) is 40.6. The topological polar surface area (TPSA) is 145 Å². The van der Waals surface area contributed by atoms with Crippen molar-refractivity contribution in [2.24, 2.45) is 11.5 Å². The lowest BCUT2D eigenvalue weighted by Gasteiger charge is -2.12. The molecule has 39 heavy (non-hydrogen) atoms. The van der Waals surface area contributed by atoms with Gasteiger partial charge in [-0.15, -0.1) is 0 Å². The summed E-state index contributed by atoms with van der Waals surface area (Å²) < 4.78 is 22.0. The van der Waals surface area contributed by atoms with Gasteiger partial charge in [-0.25, -0.2) is 4.57 Å². The molecule has 0 rings (SSSR count). The Kier molecular flexibility index (Phi) is 33.4. The van der Waals surface area contributed by atoms with E-state index in [1.54, 1.807) is 0 Å². The largest absolute Gasteiger partial charge is 0.480 e. The van der Waals surface area contributed by atoms with Crippen LogP contribution in [0.3, 0.4) is 0 Å². The summed E-state index contributed by atoms with van der Waals surface area (Å²) in [5.74, 6) is -0.933. The monoisotopic (exact) mass is 580 g/mol. The maximum atomic E-state index is 11.8. The fourth-order valence-corrected chi connectivity index (χ4v) is 5.00. The Morgan fingerprint density at radius 2 is 0.974 bits per heavy atom. The molecule has 0 saturated carbocycles. The molecule has 6 N–H and O–H groups in total. The van der Waals surface area contributed by atoms with Crippen molar-refractivity contribution in [3.8, 4) is 0 Å². The normalized spacial score (nSPS) is 12.2. The van der Waals surface area contributed by atoms with Crippen molar-refractivity contribution in [2.75, 3.05) is 19.8 Å². The van der Waals surface area contributed by atoms with Gasteiger partial charge in [-0.1, -0.05) is 136 Å². The Hall–Kier alpha value is -0.500. The molecule has 0 amide bonds. The average molecular weight is 581 g/mol. The summed E-state index contributed by atoms with van der Waals surface area (Å²) in [7, 11) is -3.85. The van der Waals surface area contributed by atoms with Crippen LogP contribution in [-0.4, -0.2) is 41.8 Å². The molecule has 0 aliphatic heterocycles. The maximum Gasteiger partial charge on any atom is 0.472 e. The molecular weight excluding hydrogens is 515 g/mol. The van der Waals surface area contributed by atoms with Crippen LogP contribution in [0.5, 0.6) is 0 Å². The Balaban J connectivity index is 0. The van der Waals surface area contributed by atoms with Crippen molar-refractivity contribution in [1.29, 1.82) is 0 Å². The van der Waals surface area contributed by atoms with Gasteiger partial charge < -0.3 is 21.5 Å². The zero-order valence-electron chi connectivity index (χ0n) is 25.6. The summed E-state index contributed by atoms with van der Waals surface area (Å²) in [6.45, 7) is 5.74. The van der Waals surface area contributed by atoms with Gasteiger partial charge in [0.25, 0.3) is 0 Å². The summed E-state index contributed by atoms with van der Waals surface area (Å²) in [5, 5.41) is 8.33. The number of phosphoric acid groups is 1. The summed E-state index contributed by atoms with van der Waals surface area (Å²) in [6, 6.07) is -0.716. The molecule has 0 aliphatic carbocycles. The zero-order chi connectivity index (χ0) is 29.5. The second-order valence-electron chi connectivity index (χ2n) is 10.7. The van der Waals surface area contributed by atoms with Gasteiger partial charge in [0.1, 0.15) is 6.04 Å². The lowest BCUT2D eigenvalue weighted by molar-refractivity contribution is -0.138. The molecule has 1 unspecified atom stereocenters. The highest BCUT2D eigenvalue weighted by Gasteiger charge is 2.19. The van der Waals surface area contributed by atoms with Crippen molar-refractivity contribution in [3.63, 3.8) is 0 Å². The summed E-state index contributed by atoms with van der Waals surface area (Å²) in [4.78, 5) is 19.8. The first-order valence-corrected chi connectivity index (χ1v) is 17.6. The fraction of sp³-hybridized carbons (Fsp3) is 0.967. The van der Waals surface area contributed by atoms with Gasteiger partial charge in [-0.2, -0.15) is 0 Å². The van der Waals surface area contributed by atoms with Crippen LogP contribution in [0.15, 0.2) is 0 Å². The van der Waals surface area contributed by atoms with Crippen LogP contribution in [0.2, 0.25) is 0 Å². The molecule has 0 spiro atoms. The summed E-state index contributed by atoms with van der Waals surface area (Å²) in [6.07, 6.45) is 27.0. The molecule has 1 atom stereocenters. The highest BCUT2D eigenvalue weighted by Crippen LogP contribution is 2.43. The van der Waals surface area contributed by atoms with Crippen molar-refractivity contribution >= 4 is 13.8 Å². The van der Waals surface area contributed by atoms with Crippen LogP contribution >= 0.6 is 7.82 Å². The minimum atomic E-state index is -3.85. The van der Waals surface area contributed by atoms with Crippen LogP contribution in [0, 0.1) is 0 Å². The van der Waals surface area contributed by atoms with Crippen molar-refractivity contribution in [3.05, 3.63) is 0 Å². The SMILES string of the molecule is CCCCCCCCCCCCOP(=O)(O)OCCCCCCCCCCCC.NCCCCC(N)C(=O)O. The third-order valence-corrected chi connectivity index (χ3v) is 7.81. The van der Waals surface area contributed by atoms with E-state index in [4.69, 9.17) is 25.6 Å². The van der Waals surface area contributed by atoms with Crippen LogP contribution in [0.25, 0.3) is 0 Å². The van der Waals surface area contributed by atoms with E-state index in [0.717, 1.165) is 38.5 Å². The molecule has 236 valence electrons. The molecular formula is C30H65N2O6P. The van der Waals surface area contributed by atoms with E-state index in [1.807, 2.05) is 0 Å². The van der Waals surface area contributed by atoms with E-state index >= 15 is 0 Å². The Morgan fingerprint density at radius 1 is 0.641 bits per heavy atom. The standard InChI is InChI=1S/C24H51O4P.C6H14N2O2/c1-3-5-7-9-11-13-15-17-19-21-23-27-29(25,26)28-24-22-20-18-16-14-12-10-8-6-4-2;7-4-2-1-3-5(8)6(9)10/h3-24H2,1-2H3,(H,25,26);5H,1-4,7-8H2,(H,9,10). The maximum absolute atomic E-state index is 11.8. The van der Waals surface area contributed by atoms with Crippen LogP contribution in [0.4, 0.5) is 0 Å². The van der Waals surface area contributed by atoms with Gasteiger partial charge in [0, 0.05) is 0 Å². The molecule has 0 aromatic carbocycles. The second kappa shape index (κ2) is 32.0. The first-order chi connectivity index (χ1) is 18.8. The molecule has 0 bridgehead atoms. The first-order valence-electron chi connectivity index (χ1n) is 16.1. The van der Waals surface area contributed by atoms with Crippen molar-refractivity contribution in [1.82, 2.24) is 0 Å². The van der Waals surface area contributed by atoms with E-state index in [-0.39, 0.29) is 0 Å². The number of phosphoric ester groups is 1. The third-order valence-electron chi connectivity index (χ3n) is 6.79.